The van der Waals surface area contributed by atoms with Gasteiger partial charge in [-0.3, -0.25) is 9.11 Å². The van der Waals surface area contributed by atoms with E-state index in [4.69, 9.17) is 18.6 Å². The van der Waals surface area contributed by atoms with Crippen molar-refractivity contribution in [3.63, 3.8) is 0 Å². The Kier molecular flexibility index (Phi) is 9.48. The van der Waals surface area contributed by atoms with E-state index in [2.05, 4.69) is 0 Å². The largest absolute Gasteiger partial charge is 0.381 e. The summed E-state index contributed by atoms with van der Waals surface area (Å²) < 4.78 is 68.5. The Labute approximate surface area is 113 Å². The lowest BCUT2D eigenvalue weighted by Crippen LogP contribution is -2.10. The van der Waals surface area contributed by atoms with Crippen molar-refractivity contribution in [3.8, 4) is 0 Å². The molecule has 116 valence electrons. The molecule has 0 rings (SSSR count). The Hall–Kier alpha value is -0.260. The van der Waals surface area contributed by atoms with Gasteiger partial charge in [-0.25, -0.2) is 0 Å². The molecule has 0 heterocycles. The van der Waals surface area contributed by atoms with Crippen LogP contribution in [0.1, 0.15) is 19.3 Å². The molecule has 10 heteroatoms. The van der Waals surface area contributed by atoms with Crippen molar-refractivity contribution in [3.05, 3.63) is 0 Å². The molecular weight excluding hydrogens is 300 g/mol. The van der Waals surface area contributed by atoms with E-state index in [9.17, 15) is 16.8 Å². The second-order valence-corrected chi connectivity index (χ2v) is 7.00. The molecule has 0 amide bonds. The summed E-state index contributed by atoms with van der Waals surface area (Å²) in [6, 6.07) is 0. The van der Waals surface area contributed by atoms with Crippen LogP contribution in [0.15, 0.2) is 0 Å². The van der Waals surface area contributed by atoms with Gasteiger partial charge >= 0.3 is 0 Å². The fourth-order valence-electron chi connectivity index (χ4n) is 1.15. The third-order valence-electron chi connectivity index (χ3n) is 1.96. The maximum absolute atomic E-state index is 10.4. The molecule has 0 saturated heterocycles. The van der Waals surface area contributed by atoms with E-state index in [0.717, 1.165) is 0 Å². The molecule has 0 unspecified atom stereocenters. The summed E-state index contributed by atoms with van der Waals surface area (Å²) in [4.78, 5) is 0. The van der Waals surface area contributed by atoms with Gasteiger partial charge in [0.25, 0.3) is 20.2 Å². The van der Waals surface area contributed by atoms with Gasteiger partial charge < -0.3 is 9.47 Å². The molecule has 8 nitrogen and oxygen atoms in total. The Balaban J connectivity index is 3.20. The molecule has 0 bridgehead atoms. The van der Waals surface area contributed by atoms with Gasteiger partial charge in [0.05, 0.1) is 11.5 Å². The molecule has 0 fully saturated rings. The Bertz CT molecular complexity index is 374. The Morgan fingerprint density at radius 1 is 0.632 bits per heavy atom. The van der Waals surface area contributed by atoms with Gasteiger partial charge in [0.15, 0.2) is 0 Å². The van der Waals surface area contributed by atoms with Crippen LogP contribution in [-0.2, 0) is 29.7 Å². The lowest BCUT2D eigenvalue weighted by Gasteiger charge is -2.05. The average Bonchev–Trinajstić information content (AvgIpc) is 2.22. The van der Waals surface area contributed by atoms with Crippen LogP contribution >= 0.6 is 0 Å². The van der Waals surface area contributed by atoms with Gasteiger partial charge in [-0.2, -0.15) is 16.8 Å². The van der Waals surface area contributed by atoms with Crippen molar-refractivity contribution in [2.45, 2.75) is 19.3 Å². The van der Waals surface area contributed by atoms with Gasteiger partial charge in [-0.1, -0.05) is 0 Å². The summed E-state index contributed by atoms with van der Waals surface area (Å²) in [5.74, 6) is -0.641. The molecule has 0 atom stereocenters. The first-order valence-corrected chi connectivity index (χ1v) is 8.98. The van der Waals surface area contributed by atoms with Crippen LogP contribution in [0.4, 0.5) is 0 Å². The lowest BCUT2D eigenvalue weighted by molar-refractivity contribution is 0.0834. The highest BCUT2D eigenvalue weighted by molar-refractivity contribution is 7.86. The minimum Gasteiger partial charge on any atom is -0.381 e. The monoisotopic (exact) mass is 320 g/mol. The summed E-state index contributed by atoms with van der Waals surface area (Å²) >= 11 is 0. The zero-order valence-electron chi connectivity index (χ0n) is 10.5. The smallest absolute Gasteiger partial charge is 0.264 e. The highest BCUT2D eigenvalue weighted by Crippen LogP contribution is 1.93. The molecule has 0 aromatic carbocycles. The van der Waals surface area contributed by atoms with Crippen molar-refractivity contribution in [1.29, 1.82) is 0 Å². The van der Waals surface area contributed by atoms with E-state index in [1.165, 1.54) is 0 Å². The van der Waals surface area contributed by atoms with Crippen LogP contribution in [0, 0.1) is 0 Å². The van der Waals surface area contributed by atoms with Gasteiger partial charge in [0.2, 0.25) is 0 Å². The minimum absolute atomic E-state index is 0.230. The number of hydrogen-bond donors (Lipinski definition) is 2. The average molecular weight is 320 g/mol. The summed E-state index contributed by atoms with van der Waals surface area (Å²) in [7, 11) is -7.84. The quantitative estimate of drug-likeness (QED) is 0.379. The van der Waals surface area contributed by atoms with Crippen molar-refractivity contribution in [2.75, 3.05) is 37.9 Å². The molecule has 0 saturated carbocycles. The van der Waals surface area contributed by atoms with E-state index in [1.54, 1.807) is 0 Å². The summed E-state index contributed by atoms with van der Waals surface area (Å²) in [5.41, 5.74) is 0. The second-order valence-electron chi connectivity index (χ2n) is 3.86. The van der Waals surface area contributed by atoms with Crippen LogP contribution in [0.2, 0.25) is 0 Å². The molecule has 0 radical (unpaired) electrons. The van der Waals surface area contributed by atoms with Gasteiger partial charge in [-0.05, 0) is 19.3 Å². The van der Waals surface area contributed by atoms with E-state index >= 15 is 0 Å². The van der Waals surface area contributed by atoms with Gasteiger partial charge in [-0.15, -0.1) is 0 Å². The molecule has 0 aliphatic rings. The number of ether oxygens (including phenoxy) is 2. The Morgan fingerprint density at radius 2 is 0.947 bits per heavy atom. The van der Waals surface area contributed by atoms with Crippen LogP contribution in [0.5, 0.6) is 0 Å². The maximum atomic E-state index is 10.4. The van der Waals surface area contributed by atoms with E-state index < -0.39 is 20.2 Å². The van der Waals surface area contributed by atoms with Crippen LogP contribution in [0.3, 0.4) is 0 Å². The van der Waals surface area contributed by atoms with Crippen LogP contribution in [0.25, 0.3) is 0 Å². The maximum Gasteiger partial charge on any atom is 0.264 e. The summed E-state index contributed by atoms with van der Waals surface area (Å²) in [6.45, 7) is 1.26. The SMILES string of the molecule is O=S(=O)(O)CCCOCCCOCCCS(=O)(=O)O. The van der Waals surface area contributed by atoms with E-state index in [1.807, 2.05) is 0 Å². The number of rotatable bonds is 12. The molecule has 19 heavy (non-hydrogen) atoms. The molecule has 2 N–H and O–H groups in total. The first-order valence-electron chi connectivity index (χ1n) is 5.76. The first-order chi connectivity index (χ1) is 8.71. The zero-order valence-corrected chi connectivity index (χ0v) is 12.2. The predicted octanol–water partition coefficient (Wildman–Crippen LogP) is -0.0345. The lowest BCUT2D eigenvalue weighted by atomic mass is 10.4. The first kappa shape index (κ1) is 18.7. The molecule has 0 aromatic heterocycles. The van der Waals surface area contributed by atoms with Crippen LogP contribution in [-0.4, -0.2) is 63.9 Å². The van der Waals surface area contributed by atoms with Crippen LogP contribution < -0.4 is 0 Å². The van der Waals surface area contributed by atoms with Gasteiger partial charge in [0.1, 0.15) is 0 Å². The zero-order chi connectivity index (χ0) is 14.8. The second kappa shape index (κ2) is 9.61. The van der Waals surface area contributed by atoms with Crippen molar-refractivity contribution >= 4 is 20.2 Å². The molecule has 0 aliphatic carbocycles. The topological polar surface area (TPSA) is 127 Å². The standard InChI is InChI=1S/C9H20O8S2/c10-18(11,12)8-2-6-16-4-1-5-17-7-3-9-19(13,14)15/h1-9H2,(H,10,11,12)(H,13,14,15). The van der Waals surface area contributed by atoms with Gasteiger partial charge in [0, 0.05) is 26.4 Å². The van der Waals surface area contributed by atoms with Crippen molar-refractivity contribution in [2.24, 2.45) is 0 Å². The van der Waals surface area contributed by atoms with Crippen molar-refractivity contribution in [1.82, 2.24) is 0 Å². The molecule has 0 aromatic rings. The fraction of sp³-hybridized carbons (Fsp3) is 1.00. The highest BCUT2D eigenvalue weighted by Gasteiger charge is 2.04. The third-order valence-corrected chi connectivity index (χ3v) is 3.57. The predicted molar refractivity (Wildman–Crippen MR) is 68.3 cm³/mol. The minimum atomic E-state index is -3.92. The number of hydrogen-bond acceptors (Lipinski definition) is 6. The molecule has 0 aliphatic heterocycles. The van der Waals surface area contributed by atoms with E-state index in [0.29, 0.717) is 19.6 Å². The normalized spacial score (nSPS) is 12.7. The summed E-state index contributed by atoms with van der Waals surface area (Å²) in [5, 5.41) is 0. The molecule has 0 spiro atoms. The summed E-state index contributed by atoms with van der Waals surface area (Å²) in [6.07, 6.45) is 1.06. The van der Waals surface area contributed by atoms with E-state index in [-0.39, 0.29) is 37.6 Å². The Morgan fingerprint density at radius 3 is 1.26 bits per heavy atom. The molecular formula is C9H20O8S2. The third kappa shape index (κ3) is 17.7. The highest BCUT2D eigenvalue weighted by atomic mass is 32.2. The van der Waals surface area contributed by atoms with Crippen molar-refractivity contribution < 1.29 is 35.4 Å². The fourth-order valence-corrected chi connectivity index (χ4v) is 2.12.